The molecule has 3 nitrogen and oxygen atoms in total. The molecule has 142 valence electrons. The fourth-order valence-corrected chi connectivity index (χ4v) is 5.05. The van der Waals surface area contributed by atoms with Gasteiger partial charge in [-0.2, -0.15) is 0 Å². The Kier molecular flexibility index (Phi) is 5.58. The number of likely N-dealkylation sites (tertiary alicyclic amines) is 1. The molecule has 1 aliphatic heterocycles. The number of nitrogens with zero attached hydrogens (tertiary/aromatic N) is 1. The lowest BCUT2D eigenvalue weighted by Crippen LogP contribution is -2.41. The van der Waals surface area contributed by atoms with Gasteiger partial charge in [0.05, 0.1) is 5.92 Å². The van der Waals surface area contributed by atoms with Crippen molar-refractivity contribution >= 4 is 5.91 Å². The molecule has 2 fully saturated rings. The molecule has 0 unspecified atom stereocenters. The van der Waals surface area contributed by atoms with Gasteiger partial charge in [-0.3, -0.25) is 9.69 Å². The van der Waals surface area contributed by atoms with Gasteiger partial charge in [-0.1, -0.05) is 67.6 Å². The molecule has 3 heteroatoms. The van der Waals surface area contributed by atoms with Gasteiger partial charge >= 0.3 is 0 Å². The Labute approximate surface area is 162 Å². The number of amides is 1. The quantitative estimate of drug-likeness (QED) is 0.835. The van der Waals surface area contributed by atoms with E-state index in [0.717, 1.165) is 37.4 Å². The van der Waals surface area contributed by atoms with Crippen molar-refractivity contribution < 1.29 is 4.79 Å². The van der Waals surface area contributed by atoms with Crippen LogP contribution in [0.15, 0.2) is 60.7 Å². The van der Waals surface area contributed by atoms with Crippen molar-refractivity contribution in [3.8, 4) is 0 Å². The highest BCUT2D eigenvalue weighted by atomic mass is 16.1. The van der Waals surface area contributed by atoms with Crippen LogP contribution in [-0.2, 0) is 11.3 Å². The van der Waals surface area contributed by atoms with E-state index in [1.165, 1.54) is 18.5 Å². The second kappa shape index (κ2) is 8.26. The second-order valence-electron chi connectivity index (χ2n) is 8.17. The van der Waals surface area contributed by atoms with Gasteiger partial charge in [-0.05, 0) is 42.2 Å². The first kappa shape index (κ1) is 18.2. The van der Waals surface area contributed by atoms with Crippen LogP contribution in [0, 0.1) is 11.8 Å². The van der Waals surface area contributed by atoms with Gasteiger partial charge in [-0.25, -0.2) is 0 Å². The lowest BCUT2D eigenvalue weighted by Gasteiger charge is -2.24. The fraction of sp³-hybridized carbons (Fsp3) is 0.458. The van der Waals surface area contributed by atoms with Crippen LogP contribution < -0.4 is 5.32 Å². The standard InChI is InChI=1S/C24H30N2O/c1-2-21(19-11-7-4-8-12-19)24(27)25-23-14-13-20-16-26(17-22(20)23)15-18-9-5-3-6-10-18/h3-12,20-23H,2,13-17H2,1H3,(H,25,27)/t20-,21-,22+,23+/m0/s1. The van der Waals surface area contributed by atoms with Crippen molar-refractivity contribution in [3.05, 3.63) is 71.8 Å². The number of fused-ring (bicyclic) bond motifs is 1. The van der Waals surface area contributed by atoms with Crippen LogP contribution in [-0.4, -0.2) is 29.9 Å². The van der Waals surface area contributed by atoms with Crippen LogP contribution in [0.2, 0.25) is 0 Å². The summed E-state index contributed by atoms with van der Waals surface area (Å²) in [6, 6.07) is 21.3. The van der Waals surface area contributed by atoms with E-state index < -0.39 is 0 Å². The van der Waals surface area contributed by atoms with Crippen molar-refractivity contribution in [2.75, 3.05) is 13.1 Å². The average Bonchev–Trinajstić information content (AvgIpc) is 3.25. The molecule has 0 spiro atoms. The third kappa shape index (κ3) is 4.08. The van der Waals surface area contributed by atoms with Crippen LogP contribution in [0.4, 0.5) is 0 Å². The van der Waals surface area contributed by atoms with Gasteiger partial charge in [0.15, 0.2) is 0 Å². The largest absolute Gasteiger partial charge is 0.353 e. The summed E-state index contributed by atoms with van der Waals surface area (Å²) in [6.45, 7) is 5.40. The summed E-state index contributed by atoms with van der Waals surface area (Å²) < 4.78 is 0. The molecule has 2 aromatic carbocycles. The van der Waals surface area contributed by atoms with E-state index in [9.17, 15) is 4.79 Å². The smallest absolute Gasteiger partial charge is 0.227 e. The van der Waals surface area contributed by atoms with Crippen LogP contribution in [0.3, 0.4) is 0 Å². The Morgan fingerprint density at radius 3 is 2.44 bits per heavy atom. The van der Waals surface area contributed by atoms with E-state index >= 15 is 0 Å². The maximum absolute atomic E-state index is 13.0. The number of benzene rings is 2. The third-order valence-electron chi connectivity index (χ3n) is 6.44. The lowest BCUT2D eigenvalue weighted by atomic mass is 9.93. The third-order valence-corrected chi connectivity index (χ3v) is 6.44. The molecule has 1 aliphatic carbocycles. The average molecular weight is 363 g/mol. The fourth-order valence-electron chi connectivity index (χ4n) is 5.05. The predicted octanol–water partition coefficient (Wildman–Crippen LogP) is 4.21. The van der Waals surface area contributed by atoms with Crippen molar-refractivity contribution in [1.82, 2.24) is 10.2 Å². The highest BCUT2D eigenvalue weighted by molar-refractivity contribution is 5.83. The summed E-state index contributed by atoms with van der Waals surface area (Å²) in [7, 11) is 0. The molecule has 0 radical (unpaired) electrons. The molecule has 1 N–H and O–H groups in total. The number of nitrogens with one attached hydrogen (secondary N) is 1. The molecule has 2 aliphatic rings. The number of carbonyl (C=O) groups is 1. The highest BCUT2D eigenvalue weighted by Gasteiger charge is 2.43. The summed E-state index contributed by atoms with van der Waals surface area (Å²) in [5, 5.41) is 3.42. The monoisotopic (exact) mass is 362 g/mol. The first-order valence-corrected chi connectivity index (χ1v) is 10.4. The number of carbonyl (C=O) groups excluding carboxylic acids is 1. The maximum atomic E-state index is 13.0. The zero-order chi connectivity index (χ0) is 18.6. The molecular formula is C24H30N2O. The molecule has 1 heterocycles. The number of hydrogen-bond donors (Lipinski definition) is 1. The highest BCUT2D eigenvalue weighted by Crippen LogP contribution is 2.39. The zero-order valence-corrected chi connectivity index (χ0v) is 16.2. The summed E-state index contributed by atoms with van der Waals surface area (Å²) in [5.41, 5.74) is 2.51. The van der Waals surface area contributed by atoms with E-state index in [0.29, 0.717) is 12.0 Å². The summed E-state index contributed by atoms with van der Waals surface area (Å²) in [5.74, 6) is 1.50. The van der Waals surface area contributed by atoms with E-state index in [1.54, 1.807) is 0 Å². The molecule has 2 aromatic rings. The van der Waals surface area contributed by atoms with Gasteiger partial charge in [-0.15, -0.1) is 0 Å². The molecule has 4 rings (SSSR count). The minimum absolute atomic E-state index is 0.0351. The predicted molar refractivity (Wildman–Crippen MR) is 109 cm³/mol. The first-order valence-electron chi connectivity index (χ1n) is 10.4. The molecule has 1 amide bonds. The molecule has 0 aromatic heterocycles. The van der Waals surface area contributed by atoms with Gasteiger partial charge in [0.25, 0.3) is 0 Å². The van der Waals surface area contributed by atoms with Gasteiger partial charge in [0, 0.05) is 25.7 Å². The summed E-state index contributed by atoms with van der Waals surface area (Å²) >= 11 is 0. The first-order chi connectivity index (χ1) is 13.2. The maximum Gasteiger partial charge on any atom is 0.227 e. The molecule has 0 bridgehead atoms. The van der Waals surface area contributed by atoms with Crippen molar-refractivity contribution in [2.24, 2.45) is 11.8 Å². The van der Waals surface area contributed by atoms with E-state index in [4.69, 9.17) is 0 Å². The Bertz CT molecular complexity index is 745. The molecule has 1 saturated heterocycles. The Morgan fingerprint density at radius 1 is 1.04 bits per heavy atom. The summed E-state index contributed by atoms with van der Waals surface area (Å²) in [6.07, 6.45) is 3.21. The normalized spacial score (nSPS) is 25.9. The SMILES string of the molecule is CC[C@H](C(=O)N[C@@H]1CC[C@H]2CN(Cc3ccccc3)C[C@H]21)c1ccccc1. The van der Waals surface area contributed by atoms with E-state index in [1.807, 2.05) is 18.2 Å². The van der Waals surface area contributed by atoms with Crippen molar-refractivity contribution in [1.29, 1.82) is 0 Å². The Balaban J connectivity index is 1.37. The van der Waals surface area contributed by atoms with Crippen LogP contribution >= 0.6 is 0 Å². The topological polar surface area (TPSA) is 32.3 Å². The Morgan fingerprint density at radius 2 is 1.74 bits per heavy atom. The van der Waals surface area contributed by atoms with Crippen LogP contribution in [0.25, 0.3) is 0 Å². The minimum atomic E-state index is -0.0351. The van der Waals surface area contributed by atoms with Gasteiger partial charge in [0.2, 0.25) is 5.91 Å². The number of rotatable bonds is 6. The summed E-state index contributed by atoms with van der Waals surface area (Å²) in [4.78, 5) is 15.5. The van der Waals surface area contributed by atoms with E-state index in [2.05, 4.69) is 59.6 Å². The number of hydrogen-bond acceptors (Lipinski definition) is 2. The van der Waals surface area contributed by atoms with Crippen LogP contribution in [0.5, 0.6) is 0 Å². The molecule has 1 saturated carbocycles. The van der Waals surface area contributed by atoms with Crippen molar-refractivity contribution in [3.63, 3.8) is 0 Å². The molecule has 27 heavy (non-hydrogen) atoms. The second-order valence-corrected chi connectivity index (χ2v) is 8.17. The molecular weight excluding hydrogens is 332 g/mol. The van der Waals surface area contributed by atoms with Crippen molar-refractivity contribution in [2.45, 2.75) is 44.7 Å². The molecule has 4 atom stereocenters. The zero-order valence-electron chi connectivity index (χ0n) is 16.2. The lowest BCUT2D eigenvalue weighted by molar-refractivity contribution is -0.123. The Hall–Kier alpha value is -2.13. The van der Waals surface area contributed by atoms with Crippen LogP contribution in [0.1, 0.15) is 43.2 Å². The minimum Gasteiger partial charge on any atom is -0.353 e. The van der Waals surface area contributed by atoms with E-state index in [-0.39, 0.29) is 11.8 Å². The van der Waals surface area contributed by atoms with Gasteiger partial charge in [0.1, 0.15) is 0 Å². The van der Waals surface area contributed by atoms with Gasteiger partial charge < -0.3 is 5.32 Å².